The van der Waals surface area contributed by atoms with Crippen LogP contribution in [-0.4, -0.2) is 38.0 Å². The van der Waals surface area contributed by atoms with E-state index >= 15 is 0 Å². The number of hydrogen-bond acceptors (Lipinski definition) is 9. The molecule has 0 radical (unpaired) electrons. The third-order valence-corrected chi connectivity index (χ3v) is 5.02. The molecule has 0 fully saturated rings. The molecule has 0 heterocycles. The molecule has 0 amide bonds. The second kappa shape index (κ2) is 35.1. The van der Waals surface area contributed by atoms with Crippen molar-refractivity contribution in [1.29, 1.82) is 0 Å². The maximum atomic E-state index is 8.26. The molecular weight excluding hydrogens is 609 g/mol. The molecule has 0 bridgehead atoms. The molecule has 0 aromatic carbocycles. The Kier molecular flexibility index (Phi) is 57.5. The molecule has 18 heteroatoms. The topological polar surface area (TPSA) is 98.0 Å². The summed E-state index contributed by atoms with van der Waals surface area (Å²) in [4.78, 5) is 0. The van der Waals surface area contributed by atoms with Crippen LogP contribution in [0.3, 0.4) is 0 Å². The fourth-order valence-electron chi connectivity index (χ4n) is 0. The second-order valence-corrected chi connectivity index (χ2v) is 8.19. The number of rotatable bonds is 0. The van der Waals surface area contributed by atoms with Gasteiger partial charge in [0.15, 0.2) is 0 Å². The van der Waals surface area contributed by atoms with E-state index in [1.54, 1.807) is 0 Å². The molecule has 0 aromatic rings. The van der Waals surface area contributed by atoms with Crippen molar-refractivity contribution >= 4 is 152 Å². The third-order valence-electron chi connectivity index (χ3n) is 0.285. The van der Waals surface area contributed by atoms with Crippen LogP contribution in [0.5, 0.6) is 0 Å². The van der Waals surface area contributed by atoms with Gasteiger partial charge in [-0.15, -0.1) is 0 Å². The van der Waals surface area contributed by atoms with Crippen molar-refractivity contribution in [1.82, 2.24) is 0 Å². The Morgan fingerprint density at radius 2 is 0.636 bits per heavy atom. The molecule has 0 saturated heterocycles. The van der Waals surface area contributed by atoms with Crippen molar-refractivity contribution in [2.75, 3.05) is 0 Å². The first-order valence-corrected chi connectivity index (χ1v) is 12.8. The first kappa shape index (κ1) is 36.0. The molecule has 0 saturated carbocycles. The van der Waals surface area contributed by atoms with Gasteiger partial charge in [-0.25, -0.2) is 0 Å². The zero-order chi connectivity index (χ0) is 19.1. The van der Waals surface area contributed by atoms with Gasteiger partial charge in [0.05, 0.1) is 0 Å². The first-order chi connectivity index (χ1) is 10.1. The van der Waals surface area contributed by atoms with E-state index in [1.165, 1.54) is 0 Å². The van der Waals surface area contributed by atoms with Crippen molar-refractivity contribution in [3.8, 4) is 0 Å². The summed E-state index contributed by atoms with van der Waals surface area (Å²) < 4.78 is 7.54. The number of aliphatic hydroxyl groups excluding tert-OH is 4. The van der Waals surface area contributed by atoms with E-state index in [-0.39, 0.29) is 17.5 Å². The van der Waals surface area contributed by atoms with Crippen LogP contribution < -0.4 is 0 Å². The molecule has 0 aliphatic heterocycles. The molecule has 5 nitrogen and oxygen atoms in total. The SMILES string of the molecule is OC([S-])=S=S.OC([S-])=S=S.OC([S-])=S=S.OC([S-])=S=S.[O]=[Mo+4]. The maximum absolute atomic E-state index is 8.26. The summed E-state index contributed by atoms with van der Waals surface area (Å²) in [5.74, 6) is 0. The molecule has 128 valence electrons. The summed E-state index contributed by atoms with van der Waals surface area (Å²) in [7, 11) is 3.00. The Balaban J connectivity index is -0.0000000562. The molecule has 0 rings (SSSR count). The van der Waals surface area contributed by atoms with Gasteiger partial charge in [-0.05, 0) is 62.3 Å². The van der Waals surface area contributed by atoms with Gasteiger partial charge >= 0.3 is 23.2 Å². The average Bonchev–Trinajstić information content (AvgIpc) is 2.50. The van der Waals surface area contributed by atoms with Crippen LogP contribution in [0.25, 0.3) is 0 Å². The second-order valence-electron chi connectivity index (χ2n) is 1.40. The van der Waals surface area contributed by atoms with Crippen LogP contribution in [0.2, 0.25) is 0 Å². The predicted molar refractivity (Wildman–Crippen MR) is 120 cm³/mol. The van der Waals surface area contributed by atoms with Gasteiger partial charge in [-0.3, -0.25) is 0 Å². The van der Waals surface area contributed by atoms with Crippen molar-refractivity contribution < 1.29 is 43.6 Å². The molecule has 0 aliphatic rings. The van der Waals surface area contributed by atoms with Gasteiger partial charge in [0, 0.05) is 0 Å². The van der Waals surface area contributed by atoms with E-state index < -0.39 is 0 Å². The van der Waals surface area contributed by atoms with Crippen molar-refractivity contribution in [2.24, 2.45) is 0 Å². The van der Waals surface area contributed by atoms with E-state index in [4.69, 9.17) is 23.8 Å². The Bertz CT molecular complexity index is 378. The van der Waals surface area contributed by atoms with Gasteiger partial charge < -0.3 is 70.9 Å². The normalized spacial score (nSPS) is 6.45. The van der Waals surface area contributed by atoms with E-state index in [0.29, 0.717) is 19.8 Å². The van der Waals surface area contributed by atoms with Gasteiger partial charge in [0.2, 0.25) is 0 Å². The van der Waals surface area contributed by atoms with E-state index in [1.807, 2.05) is 0 Å². The summed E-state index contributed by atoms with van der Waals surface area (Å²) in [5, 5.41) is 31.8. The number of hydrogen-bond donors (Lipinski definition) is 4. The minimum atomic E-state index is -0.181. The van der Waals surface area contributed by atoms with E-state index in [2.05, 4.69) is 95.3 Å². The fourth-order valence-corrected chi connectivity index (χ4v) is 0. The van der Waals surface area contributed by atoms with Gasteiger partial charge in [-0.1, -0.05) is 39.6 Å². The molecule has 0 spiro atoms. The Morgan fingerprint density at radius 3 is 0.636 bits per heavy atom. The van der Waals surface area contributed by atoms with Crippen LogP contribution in [0.4, 0.5) is 0 Å². The summed E-state index contributed by atoms with van der Waals surface area (Å²) in [5.41, 5.74) is 0. The Hall–Kier alpha value is 2.97. The molecular formula is C4H4MoO5S12. The quantitative estimate of drug-likeness (QED) is 0.150. The number of aliphatic hydroxyl groups is 4. The summed E-state index contributed by atoms with van der Waals surface area (Å²) in [6, 6.07) is 0. The minimum absolute atomic E-state index is 0.181. The molecule has 4 N–H and O–H groups in total. The molecule has 0 unspecified atom stereocenters. The van der Waals surface area contributed by atoms with E-state index in [0.717, 1.165) is 39.6 Å². The van der Waals surface area contributed by atoms with Gasteiger partial charge in [0.1, 0.15) is 0 Å². The standard InChI is InChI=1S/4CH2OS3.Mo.O/c4*2-1(3)5-4;;/h4*2-3H;;/q;;;;+4;/p-4. The molecule has 22 heavy (non-hydrogen) atoms. The summed E-state index contributed by atoms with van der Waals surface area (Å²) in [6.07, 6.45) is 0. The summed E-state index contributed by atoms with van der Waals surface area (Å²) in [6.45, 7) is 0. The van der Waals surface area contributed by atoms with Crippen LogP contribution in [0.1, 0.15) is 0 Å². The molecule has 0 aliphatic carbocycles. The Morgan fingerprint density at radius 1 is 0.591 bits per heavy atom. The van der Waals surface area contributed by atoms with Gasteiger partial charge in [-0.2, -0.15) is 0 Å². The zero-order valence-electron chi connectivity index (χ0n) is 9.50. The predicted octanol–water partition coefficient (Wildman–Crippen LogP) is -1.23. The third kappa shape index (κ3) is 92.1. The fraction of sp³-hybridized carbons (Fsp3) is 0. The first-order valence-electron chi connectivity index (χ1n) is 3.36. The van der Waals surface area contributed by atoms with Crippen molar-refractivity contribution in [3.63, 3.8) is 0 Å². The van der Waals surface area contributed by atoms with Crippen molar-refractivity contribution in [3.05, 3.63) is 0 Å². The van der Waals surface area contributed by atoms with E-state index in [9.17, 15) is 0 Å². The summed E-state index contributed by atoms with van der Waals surface area (Å²) >= 11 is 34.0. The zero-order valence-corrected chi connectivity index (χ0v) is 21.3. The van der Waals surface area contributed by atoms with Crippen LogP contribution in [0, 0.1) is 0 Å². The monoisotopic (exact) mass is 614 g/mol. The average molecular weight is 613 g/mol. The van der Waals surface area contributed by atoms with Crippen LogP contribution >= 0.6 is 0 Å². The van der Waals surface area contributed by atoms with Crippen molar-refractivity contribution in [2.45, 2.75) is 0 Å². The molecule has 0 atom stereocenters. The van der Waals surface area contributed by atoms with Gasteiger partial charge in [0.25, 0.3) is 0 Å². The Labute approximate surface area is 193 Å². The van der Waals surface area contributed by atoms with Crippen LogP contribution in [0.15, 0.2) is 0 Å². The van der Waals surface area contributed by atoms with Crippen LogP contribution in [-0.2, 0) is 158 Å². The molecule has 0 aromatic heterocycles.